The van der Waals surface area contributed by atoms with Crippen LogP contribution in [0.3, 0.4) is 0 Å². The highest BCUT2D eigenvalue weighted by Crippen LogP contribution is 2.28. The van der Waals surface area contributed by atoms with Crippen molar-refractivity contribution in [2.45, 2.75) is 12.7 Å². The Balaban J connectivity index is 2.14. The summed E-state index contributed by atoms with van der Waals surface area (Å²) in [6.07, 6.45) is -3.31. The van der Waals surface area contributed by atoms with Crippen LogP contribution >= 0.6 is 11.6 Å². The van der Waals surface area contributed by atoms with Crippen molar-refractivity contribution in [3.63, 3.8) is 0 Å². The van der Waals surface area contributed by atoms with Crippen LogP contribution in [-0.2, 0) is 6.54 Å². The summed E-state index contributed by atoms with van der Waals surface area (Å²) in [5, 5.41) is 13.2. The molecule has 0 saturated carbocycles. The molecule has 2 aromatic rings. The molecule has 0 aliphatic rings. The quantitative estimate of drug-likeness (QED) is 0.602. The van der Waals surface area contributed by atoms with Gasteiger partial charge in [0.15, 0.2) is 6.61 Å². The number of amides is 1. The van der Waals surface area contributed by atoms with Gasteiger partial charge in [-0.2, -0.15) is 13.2 Å². The highest BCUT2D eigenvalue weighted by molar-refractivity contribution is 6.33. The minimum atomic E-state index is -4.54. The normalized spacial score (nSPS) is 11.1. The fourth-order valence-electron chi connectivity index (χ4n) is 1.99. The maximum atomic E-state index is 12.3. The molecule has 1 amide bonds. The topological polar surface area (TPSA) is 94.4 Å². The lowest BCUT2D eigenvalue weighted by molar-refractivity contribution is -0.385. The number of alkyl halides is 3. The van der Waals surface area contributed by atoms with E-state index in [4.69, 9.17) is 11.6 Å². The van der Waals surface area contributed by atoms with Crippen LogP contribution in [-0.4, -0.2) is 28.6 Å². The van der Waals surface area contributed by atoms with E-state index >= 15 is 0 Å². The van der Waals surface area contributed by atoms with Crippen molar-refractivity contribution in [2.24, 2.45) is 0 Å². The number of carbonyl (C=O) groups is 1. The number of nitrogens with zero attached hydrogens (tertiary/aromatic N) is 2. The molecule has 138 valence electrons. The molecule has 1 N–H and O–H groups in total. The summed E-state index contributed by atoms with van der Waals surface area (Å²) in [5.41, 5.74) is -0.662. The Morgan fingerprint density at radius 1 is 1.31 bits per heavy atom. The predicted octanol–water partition coefficient (Wildman–Crippen LogP) is 3.51. The van der Waals surface area contributed by atoms with Crippen molar-refractivity contribution < 1.29 is 27.6 Å². The van der Waals surface area contributed by atoms with Gasteiger partial charge >= 0.3 is 11.9 Å². The average molecular weight is 390 g/mol. The first-order chi connectivity index (χ1) is 12.2. The number of nitrogens with one attached hydrogen (secondary N) is 1. The monoisotopic (exact) mass is 389 g/mol. The molecule has 0 fully saturated rings. The molecule has 0 aliphatic heterocycles. The van der Waals surface area contributed by atoms with Crippen LogP contribution in [0.5, 0.6) is 5.88 Å². The molecule has 0 unspecified atom stereocenters. The van der Waals surface area contributed by atoms with Crippen molar-refractivity contribution in [1.82, 2.24) is 10.3 Å². The van der Waals surface area contributed by atoms with Gasteiger partial charge in [-0.1, -0.05) is 23.7 Å². The highest BCUT2D eigenvalue weighted by atomic mass is 35.5. The van der Waals surface area contributed by atoms with Crippen LogP contribution in [0.1, 0.15) is 15.9 Å². The van der Waals surface area contributed by atoms with Gasteiger partial charge in [-0.25, -0.2) is 4.98 Å². The molecular weight excluding hydrogens is 379 g/mol. The summed E-state index contributed by atoms with van der Waals surface area (Å²) >= 11 is 5.74. The Hall–Kier alpha value is -2.88. The summed E-state index contributed by atoms with van der Waals surface area (Å²) in [6.45, 7) is -1.78. The van der Waals surface area contributed by atoms with Crippen molar-refractivity contribution in [2.75, 3.05) is 6.61 Å². The number of nitro groups is 1. The molecular formula is C15H11ClF3N3O4. The number of carbonyl (C=O) groups excluding carboxylic acids is 1. The molecule has 1 aromatic carbocycles. The van der Waals surface area contributed by atoms with E-state index in [1.165, 1.54) is 36.5 Å². The molecule has 0 atom stereocenters. The van der Waals surface area contributed by atoms with E-state index in [2.05, 4.69) is 15.0 Å². The number of nitro benzene ring substituents is 1. The molecule has 2 rings (SSSR count). The van der Waals surface area contributed by atoms with Crippen LogP contribution in [0.25, 0.3) is 0 Å². The van der Waals surface area contributed by atoms with E-state index in [9.17, 15) is 28.1 Å². The van der Waals surface area contributed by atoms with Gasteiger partial charge in [-0.05, 0) is 18.2 Å². The molecule has 11 heteroatoms. The third kappa shape index (κ3) is 5.06. The van der Waals surface area contributed by atoms with E-state index in [1.807, 2.05) is 0 Å². The van der Waals surface area contributed by atoms with Crippen molar-refractivity contribution in [3.05, 3.63) is 62.8 Å². The summed E-state index contributed by atoms with van der Waals surface area (Å²) < 4.78 is 41.4. The molecule has 0 radical (unpaired) electrons. The number of pyridine rings is 1. The minimum Gasteiger partial charge on any atom is -0.468 e. The SMILES string of the molecule is O=C(NCc1cccnc1OCC(F)(F)F)c1cccc(Cl)c1[N+](=O)[O-]. The second-order valence-corrected chi connectivity index (χ2v) is 5.35. The van der Waals surface area contributed by atoms with Crippen molar-refractivity contribution >= 4 is 23.2 Å². The number of para-hydroxylation sites is 1. The van der Waals surface area contributed by atoms with Gasteiger partial charge in [0.1, 0.15) is 10.6 Å². The second-order valence-electron chi connectivity index (χ2n) is 4.95. The molecule has 0 spiro atoms. The zero-order chi connectivity index (χ0) is 19.3. The first-order valence-electron chi connectivity index (χ1n) is 7.03. The molecule has 0 saturated heterocycles. The lowest BCUT2D eigenvalue weighted by Gasteiger charge is -2.12. The smallest absolute Gasteiger partial charge is 0.422 e. The van der Waals surface area contributed by atoms with Gasteiger partial charge in [-0.15, -0.1) is 0 Å². The summed E-state index contributed by atoms with van der Waals surface area (Å²) in [6, 6.07) is 6.70. The zero-order valence-corrected chi connectivity index (χ0v) is 13.7. The Morgan fingerprint density at radius 2 is 2.04 bits per heavy atom. The number of halogens is 4. The van der Waals surface area contributed by atoms with Crippen LogP contribution in [0, 0.1) is 10.1 Å². The molecule has 0 aliphatic carbocycles. The van der Waals surface area contributed by atoms with E-state index in [-0.39, 0.29) is 28.6 Å². The molecule has 1 aromatic heterocycles. The molecule has 1 heterocycles. The third-order valence-corrected chi connectivity index (χ3v) is 3.38. The fourth-order valence-corrected chi connectivity index (χ4v) is 2.24. The Labute approximate surface area is 149 Å². The summed E-state index contributed by atoms with van der Waals surface area (Å²) in [7, 11) is 0. The number of rotatable bonds is 6. The minimum absolute atomic E-state index is 0.176. The Kier molecular flexibility index (Phi) is 5.98. The lowest BCUT2D eigenvalue weighted by atomic mass is 10.1. The number of hydrogen-bond donors (Lipinski definition) is 1. The third-order valence-electron chi connectivity index (χ3n) is 3.08. The zero-order valence-electron chi connectivity index (χ0n) is 12.9. The first-order valence-corrected chi connectivity index (χ1v) is 7.41. The summed E-state index contributed by atoms with van der Waals surface area (Å²) in [4.78, 5) is 26.2. The van der Waals surface area contributed by atoms with Gasteiger partial charge in [0.25, 0.3) is 5.91 Å². The van der Waals surface area contributed by atoms with Crippen LogP contribution < -0.4 is 10.1 Å². The number of aromatic nitrogens is 1. The average Bonchev–Trinajstić information content (AvgIpc) is 2.57. The van der Waals surface area contributed by atoms with Crippen LogP contribution in [0.4, 0.5) is 18.9 Å². The predicted molar refractivity (Wildman–Crippen MR) is 85.1 cm³/mol. The Bertz CT molecular complexity index is 830. The van der Waals surface area contributed by atoms with Gasteiger partial charge in [0, 0.05) is 18.3 Å². The van der Waals surface area contributed by atoms with Gasteiger partial charge < -0.3 is 10.1 Å². The van der Waals surface area contributed by atoms with Crippen LogP contribution in [0.15, 0.2) is 36.5 Å². The maximum Gasteiger partial charge on any atom is 0.422 e. The largest absolute Gasteiger partial charge is 0.468 e. The van der Waals surface area contributed by atoms with E-state index < -0.39 is 29.3 Å². The second kappa shape index (κ2) is 8.00. The first kappa shape index (κ1) is 19.4. The van der Waals surface area contributed by atoms with Crippen LogP contribution in [0.2, 0.25) is 5.02 Å². The highest BCUT2D eigenvalue weighted by Gasteiger charge is 2.29. The van der Waals surface area contributed by atoms with Gasteiger partial charge in [-0.3, -0.25) is 14.9 Å². The summed E-state index contributed by atoms with van der Waals surface area (Å²) in [5.74, 6) is -1.12. The lowest BCUT2D eigenvalue weighted by Crippen LogP contribution is -2.25. The molecule has 7 nitrogen and oxygen atoms in total. The van der Waals surface area contributed by atoms with Crippen molar-refractivity contribution in [3.8, 4) is 5.88 Å². The number of ether oxygens (including phenoxy) is 1. The fraction of sp³-hybridized carbons (Fsp3) is 0.200. The number of benzene rings is 1. The van der Waals surface area contributed by atoms with E-state index in [1.54, 1.807) is 0 Å². The van der Waals surface area contributed by atoms with E-state index in [0.29, 0.717) is 0 Å². The standard InChI is InChI=1S/C15H11ClF3N3O4/c16-11-5-1-4-10(12(11)22(24)25)13(23)21-7-9-3-2-6-20-14(9)26-8-15(17,18)19/h1-6H,7-8H2,(H,21,23). The maximum absolute atomic E-state index is 12.3. The number of hydrogen-bond acceptors (Lipinski definition) is 5. The van der Waals surface area contributed by atoms with Crippen molar-refractivity contribution in [1.29, 1.82) is 0 Å². The molecule has 26 heavy (non-hydrogen) atoms. The van der Waals surface area contributed by atoms with E-state index in [0.717, 1.165) is 0 Å². The van der Waals surface area contributed by atoms with Gasteiger partial charge in [0.05, 0.1) is 4.92 Å². The molecule has 0 bridgehead atoms. The van der Waals surface area contributed by atoms with Gasteiger partial charge in [0.2, 0.25) is 5.88 Å². The Morgan fingerprint density at radius 3 is 2.69 bits per heavy atom.